The molecule has 0 radical (unpaired) electrons. The number of amides is 1. The lowest BCUT2D eigenvalue weighted by Crippen LogP contribution is -2.19. The summed E-state index contributed by atoms with van der Waals surface area (Å²) in [6.45, 7) is 4.03. The fourth-order valence-electron chi connectivity index (χ4n) is 3.89. The van der Waals surface area contributed by atoms with Crippen molar-refractivity contribution in [2.75, 3.05) is 5.32 Å². The molecule has 0 saturated heterocycles. The fourth-order valence-corrected chi connectivity index (χ4v) is 3.89. The van der Waals surface area contributed by atoms with Gasteiger partial charge in [0.15, 0.2) is 0 Å². The number of hydrogen-bond acceptors (Lipinski definition) is 2. The Balaban J connectivity index is 1.40. The lowest BCUT2D eigenvalue weighted by atomic mass is 9.94. The number of carbonyl (C=O) groups is 1. The zero-order valence-corrected chi connectivity index (χ0v) is 14.4. The van der Waals surface area contributed by atoms with Crippen LogP contribution in [0, 0.1) is 31.6 Å². The zero-order chi connectivity index (χ0) is 16.7. The highest BCUT2D eigenvalue weighted by Gasteiger charge is 2.42. The van der Waals surface area contributed by atoms with E-state index in [2.05, 4.69) is 27.6 Å². The van der Waals surface area contributed by atoms with E-state index in [-0.39, 0.29) is 5.91 Å². The van der Waals surface area contributed by atoms with Crippen molar-refractivity contribution in [1.82, 2.24) is 10.2 Å². The summed E-state index contributed by atoms with van der Waals surface area (Å²) < 4.78 is 0. The monoisotopic (exact) mass is 323 g/mol. The second-order valence-electron chi connectivity index (χ2n) is 7.48. The zero-order valence-electron chi connectivity index (χ0n) is 14.4. The molecular weight excluding hydrogens is 298 g/mol. The molecule has 1 heterocycles. The van der Waals surface area contributed by atoms with Crippen LogP contribution in [0.1, 0.15) is 43.5 Å². The maximum Gasteiger partial charge on any atom is 0.224 e. The molecule has 2 N–H and O–H groups in total. The molecule has 2 saturated carbocycles. The lowest BCUT2D eigenvalue weighted by molar-refractivity contribution is -0.117. The van der Waals surface area contributed by atoms with E-state index >= 15 is 0 Å². The quantitative estimate of drug-likeness (QED) is 0.824. The van der Waals surface area contributed by atoms with Crippen molar-refractivity contribution in [1.29, 1.82) is 0 Å². The van der Waals surface area contributed by atoms with Gasteiger partial charge in [0.1, 0.15) is 0 Å². The van der Waals surface area contributed by atoms with Gasteiger partial charge >= 0.3 is 0 Å². The van der Waals surface area contributed by atoms with Crippen molar-refractivity contribution in [2.45, 2.75) is 46.0 Å². The Morgan fingerprint density at radius 2 is 1.79 bits per heavy atom. The molecule has 126 valence electrons. The minimum Gasteiger partial charge on any atom is -0.326 e. The molecule has 0 unspecified atom stereocenters. The number of benzene rings is 1. The molecule has 4 nitrogen and oxygen atoms in total. The van der Waals surface area contributed by atoms with Gasteiger partial charge in [-0.15, -0.1) is 0 Å². The summed E-state index contributed by atoms with van der Waals surface area (Å²) in [5.74, 6) is 2.43. The van der Waals surface area contributed by atoms with Crippen LogP contribution in [0.25, 0.3) is 11.1 Å². The third-order valence-electron chi connectivity index (χ3n) is 5.46. The number of aryl methyl sites for hydroxylation is 2. The van der Waals surface area contributed by atoms with Gasteiger partial charge in [0.25, 0.3) is 0 Å². The molecule has 1 amide bonds. The third kappa shape index (κ3) is 3.23. The number of aromatic amines is 1. The number of hydrogen-bond donors (Lipinski definition) is 2. The van der Waals surface area contributed by atoms with Crippen LogP contribution >= 0.6 is 0 Å². The topological polar surface area (TPSA) is 57.8 Å². The average Bonchev–Trinajstić information content (AvgIpc) is 3.46. The van der Waals surface area contributed by atoms with Crippen LogP contribution in [0.4, 0.5) is 5.69 Å². The van der Waals surface area contributed by atoms with E-state index in [4.69, 9.17) is 0 Å². The van der Waals surface area contributed by atoms with E-state index in [1.54, 1.807) is 0 Å². The SMILES string of the molecule is Cc1n[nH]c(C)c1-c1ccc(NC(=O)CC(C2CC2)C2CC2)cc1. The van der Waals surface area contributed by atoms with Gasteiger partial charge in [0, 0.05) is 23.4 Å². The first-order valence-electron chi connectivity index (χ1n) is 9.03. The Labute approximate surface area is 143 Å². The van der Waals surface area contributed by atoms with Crippen molar-refractivity contribution in [2.24, 2.45) is 17.8 Å². The van der Waals surface area contributed by atoms with Gasteiger partial charge in [-0.1, -0.05) is 12.1 Å². The summed E-state index contributed by atoms with van der Waals surface area (Å²) in [4.78, 5) is 12.4. The number of anilines is 1. The Kier molecular flexibility index (Phi) is 3.91. The maximum absolute atomic E-state index is 12.4. The number of rotatable bonds is 6. The van der Waals surface area contributed by atoms with Crippen LogP contribution in [0.2, 0.25) is 0 Å². The first kappa shape index (κ1) is 15.4. The summed E-state index contributed by atoms with van der Waals surface area (Å²) in [5, 5.41) is 10.3. The van der Waals surface area contributed by atoms with Crippen LogP contribution in [-0.2, 0) is 4.79 Å². The molecule has 0 atom stereocenters. The Hall–Kier alpha value is -2.10. The van der Waals surface area contributed by atoms with Gasteiger partial charge in [-0.05, 0) is 75.0 Å². The van der Waals surface area contributed by atoms with E-state index < -0.39 is 0 Å². The van der Waals surface area contributed by atoms with Gasteiger partial charge in [0.2, 0.25) is 5.91 Å². The minimum absolute atomic E-state index is 0.169. The Morgan fingerprint density at radius 1 is 1.17 bits per heavy atom. The maximum atomic E-state index is 12.4. The predicted octanol–water partition coefficient (Wildman–Crippen LogP) is 4.46. The molecule has 1 aromatic carbocycles. The largest absolute Gasteiger partial charge is 0.326 e. The normalized spacial score (nSPS) is 17.3. The van der Waals surface area contributed by atoms with E-state index in [1.165, 1.54) is 25.7 Å². The molecule has 2 aliphatic rings. The van der Waals surface area contributed by atoms with Crippen molar-refractivity contribution in [3.05, 3.63) is 35.7 Å². The highest BCUT2D eigenvalue weighted by molar-refractivity contribution is 5.91. The van der Waals surface area contributed by atoms with Gasteiger partial charge in [-0.3, -0.25) is 9.89 Å². The number of nitrogens with one attached hydrogen (secondary N) is 2. The van der Waals surface area contributed by atoms with Crippen molar-refractivity contribution < 1.29 is 4.79 Å². The molecular formula is C20H25N3O. The highest BCUT2D eigenvalue weighted by atomic mass is 16.1. The first-order chi connectivity index (χ1) is 11.6. The lowest BCUT2D eigenvalue weighted by Gasteiger charge is -2.15. The fraction of sp³-hybridized carbons (Fsp3) is 0.500. The summed E-state index contributed by atoms with van der Waals surface area (Å²) in [6.07, 6.45) is 6.00. The summed E-state index contributed by atoms with van der Waals surface area (Å²) in [5.41, 5.74) is 5.23. The standard InChI is InChI=1S/C20H25N3O/c1-12-20(13(2)23-22-12)16-7-9-17(10-8-16)21-19(24)11-18(14-3-4-14)15-5-6-15/h7-10,14-15,18H,3-6,11H2,1-2H3,(H,21,24)(H,22,23). The second-order valence-corrected chi connectivity index (χ2v) is 7.48. The van der Waals surface area contributed by atoms with E-state index in [0.29, 0.717) is 12.3 Å². The highest BCUT2D eigenvalue weighted by Crippen LogP contribution is 2.50. The molecule has 2 fully saturated rings. The number of aromatic nitrogens is 2. The summed E-state index contributed by atoms with van der Waals surface area (Å²) >= 11 is 0. The van der Waals surface area contributed by atoms with Crippen molar-refractivity contribution in [3.8, 4) is 11.1 Å². The molecule has 0 spiro atoms. The smallest absolute Gasteiger partial charge is 0.224 e. The number of carbonyl (C=O) groups excluding carboxylic acids is 1. The van der Waals surface area contributed by atoms with E-state index in [1.807, 2.05) is 26.0 Å². The predicted molar refractivity (Wildman–Crippen MR) is 95.7 cm³/mol. The third-order valence-corrected chi connectivity index (χ3v) is 5.46. The minimum atomic E-state index is 0.169. The molecule has 4 heteroatoms. The van der Waals surface area contributed by atoms with E-state index in [9.17, 15) is 4.79 Å². The molecule has 0 aliphatic heterocycles. The summed E-state index contributed by atoms with van der Waals surface area (Å²) in [6, 6.07) is 8.09. The van der Waals surface area contributed by atoms with Crippen LogP contribution in [0.3, 0.4) is 0 Å². The molecule has 1 aromatic heterocycles. The van der Waals surface area contributed by atoms with Crippen LogP contribution < -0.4 is 5.32 Å². The Bertz CT molecular complexity index is 707. The molecule has 4 rings (SSSR count). The second kappa shape index (κ2) is 6.08. The Morgan fingerprint density at radius 3 is 2.29 bits per heavy atom. The average molecular weight is 323 g/mol. The van der Waals surface area contributed by atoms with Crippen LogP contribution in [0.15, 0.2) is 24.3 Å². The molecule has 2 aromatic rings. The molecule has 2 aliphatic carbocycles. The van der Waals surface area contributed by atoms with E-state index in [0.717, 1.165) is 40.0 Å². The molecule has 24 heavy (non-hydrogen) atoms. The van der Waals surface area contributed by atoms with Gasteiger partial charge < -0.3 is 5.32 Å². The first-order valence-corrected chi connectivity index (χ1v) is 9.03. The summed E-state index contributed by atoms with van der Waals surface area (Å²) in [7, 11) is 0. The van der Waals surface area contributed by atoms with Gasteiger partial charge in [-0.2, -0.15) is 5.10 Å². The molecule has 0 bridgehead atoms. The van der Waals surface area contributed by atoms with Crippen molar-refractivity contribution in [3.63, 3.8) is 0 Å². The van der Waals surface area contributed by atoms with Crippen LogP contribution in [0.5, 0.6) is 0 Å². The number of nitrogens with zero attached hydrogens (tertiary/aromatic N) is 1. The van der Waals surface area contributed by atoms with Gasteiger partial charge in [0.05, 0.1) is 5.69 Å². The van der Waals surface area contributed by atoms with Crippen LogP contribution in [-0.4, -0.2) is 16.1 Å². The van der Waals surface area contributed by atoms with Crippen molar-refractivity contribution >= 4 is 11.6 Å². The van der Waals surface area contributed by atoms with Gasteiger partial charge in [-0.25, -0.2) is 0 Å². The number of H-pyrrole nitrogens is 1.